The van der Waals surface area contributed by atoms with Crippen molar-refractivity contribution >= 4 is 0 Å². The zero-order valence-electron chi connectivity index (χ0n) is 9.92. The highest BCUT2D eigenvalue weighted by Gasteiger charge is 2.26. The monoisotopic (exact) mass is 207 g/mol. The van der Waals surface area contributed by atoms with Gasteiger partial charge in [0.05, 0.1) is 0 Å². The summed E-state index contributed by atoms with van der Waals surface area (Å²) >= 11 is 0. The number of nitrogens with one attached hydrogen (secondary N) is 1. The van der Waals surface area contributed by atoms with Crippen LogP contribution < -0.4 is 5.32 Å². The first-order valence-electron chi connectivity index (χ1n) is 5.52. The standard InChI is InChI=1S/C13H21NO/c1-4-13(2,9-11-15-3)12-8-6-5-7-10-14-12/h5-8,10,14H,4,9,11H2,1-3H3. The maximum absolute atomic E-state index is 5.17. The van der Waals surface area contributed by atoms with E-state index in [1.54, 1.807) is 7.11 Å². The molecular weight excluding hydrogens is 186 g/mol. The van der Waals surface area contributed by atoms with Crippen molar-refractivity contribution in [3.63, 3.8) is 0 Å². The highest BCUT2D eigenvalue weighted by Crippen LogP contribution is 2.33. The van der Waals surface area contributed by atoms with Crippen LogP contribution in [0.3, 0.4) is 0 Å². The Morgan fingerprint density at radius 3 is 2.80 bits per heavy atom. The second kappa shape index (κ2) is 5.76. The van der Waals surface area contributed by atoms with Gasteiger partial charge in [-0.05, 0) is 25.0 Å². The Bertz CT molecular complexity index is 278. The maximum atomic E-state index is 5.17. The van der Waals surface area contributed by atoms with Gasteiger partial charge in [0.2, 0.25) is 0 Å². The molecule has 1 rings (SSSR count). The predicted molar refractivity (Wildman–Crippen MR) is 64.4 cm³/mol. The minimum Gasteiger partial charge on any atom is -0.385 e. The summed E-state index contributed by atoms with van der Waals surface area (Å²) in [5, 5.41) is 3.34. The summed E-state index contributed by atoms with van der Waals surface area (Å²) < 4.78 is 5.17. The molecular formula is C13H21NO. The third kappa shape index (κ3) is 3.24. The van der Waals surface area contributed by atoms with Gasteiger partial charge in [-0.25, -0.2) is 0 Å². The molecule has 0 saturated heterocycles. The van der Waals surface area contributed by atoms with Gasteiger partial charge in [0.1, 0.15) is 0 Å². The molecule has 1 N–H and O–H groups in total. The number of hydrogen-bond acceptors (Lipinski definition) is 2. The average molecular weight is 207 g/mol. The minimum atomic E-state index is 0.176. The number of methoxy groups -OCH3 is 1. The van der Waals surface area contributed by atoms with Crippen molar-refractivity contribution in [1.29, 1.82) is 0 Å². The fourth-order valence-corrected chi connectivity index (χ4v) is 1.66. The van der Waals surface area contributed by atoms with Crippen LogP contribution in [-0.4, -0.2) is 13.7 Å². The van der Waals surface area contributed by atoms with Crippen LogP contribution in [0.15, 0.2) is 36.2 Å². The number of allylic oxidation sites excluding steroid dienone is 5. The predicted octanol–water partition coefficient (Wildman–Crippen LogP) is 3.00. The van der Waals surface area contributed by atoms with Crippen LogP contribution in [0.2, 0.25) is 0 Å². The molecule has 0 radical (unpaired) electrons. The van der Waals surface area contributed by atoms with E-state index in [9.17, 15) is 0 Å². The summed E-state index contributed by atoms with van der Waals surface area (Å²) in [5.41, 5.74) is 1.45. The highest BCUT2D eigenvalue weighted by molar-refractivity contribution is 5.25. The Morgan fingerprint density at radius 1 is 1.33 bits per heavy atom. The molecule has 0 aromatic carbocycles. The van der Waals surface area contributed by atoms with E-state index in [0.717, 1.165) is 19.4 Å². The Kier molecular flexibility index (Phi) is 4.63. The lowest BCUT2D eigenvalue weighted by Crippen LogP contribution is -2.27. The molecule has 1 unspecified atom stereocenters. The summed E-state index contributed by atoms with van der Waals surface area (Å²) in [4.78, 5) is 0. The van der Waals surface area contributed by atoms with Gasteiger partial charge >= 0.3 is 0 Å². The molecule has 0 spiro atoms. The number of ether oxygens (including phenoxy) is 1. The van der Waals surface area contributed by atoms with Gasteiger partial charge < -0.3 is 10.1 Å². The molecule has 0 fully saturated rings. The molecule has 0 aliphatic carbocycles. The van der Waals surface area contributed by atoms with E-state index in [1.807, 2.05) is 18.4 Å². The van der Waals surface area contributed by atoms with Crippen molar-refractivity contribution in [2.24, 2.45) is 5.41 Å². The highest BCUT2D eigenvalue weighted by atomic mass is 16.5. The van der Waals surface area contributed by atoms with Crippen LogP contribution >= 0.6 is 0 Å². The summed E-state index contributed by atoms with van der Waals surface area (Å²) in [6, 6.07) is 0. The molecule has 15 heavy (non-hydrogen) atoms. The zero-order valence-corrected chi connectivity index (χ0v) is 9.92. The van der Waals surface area contributed by atoms with Crippen LogP contribution in [0.5, 0.6) is 0 Å². The second-order valence-electron chi connectivity index (χ2n) is 4.13. The molecule has 84 valence electrons. The van der Waals surface area contributed by atoms with E-state index in [1.165, 1.54) is 5.70 Å². The van der Waals surface area contributed by atoms with Crippen LogP contribution in [0.4, 0.5) is 0 Å². The largest absolute Gasteiger partial charge is 0.385 e. The van der Waals surface area contributed by atoms with Gasteiger partial charge in [-0.2, -0.15) is 0 Å². The maximum Gasteiger partial charge on any atom is 0.0471 e. The van der Waals surface area contributed by atoms with Gasteiger partial charge in [-0.15, -0.1) is 0 Å². The number of rotatable bonds is 5. The molecule has 0 amide bonds. The normalized spacial score (nSPS) is 19.0. The molecule has 0 aromatic heterocycles. The van der Waals surface area contributed by atoms with Crippen molar-refractivity contribution in [3.8, 4) is 0 Å². The molecule has 2 nitrogen and oxygen atoms in total. The summed E-state index contributed by atoms with van der Waals surface area (Å²) in [6.45, 7) is 5.30. The molecule has 1 atom stereocenters. The molecule has 1 aliphatic rings. The fourth-order valence-electron chi connectivity index (χ4n) is 1.66. The quantitative estimate of drug-likeness (QED) is 0.748. The minimum absolute atomic E-state index is 0.176. The Morgan fingerprint density at radius 2 is 2.13 bits per heavy atom. The van der Waals surface area contributed by atoms with E-state index in [4.69, 9.17) is 4.74 Å². The topological polar surface area (TPSA) is 21.3 Å². The van der Waals surface area contributed by atoms with E-state index in [-0.39, 0.29) is 5.41 Å². The first-order chi connectivity index (χ1) is 7.23. The fraction of sp³-hybridized carbons (Fsp3) is 0.538. The van der Waals surface area contributed by atoms with Gasteiger partial charge in [0, 0.05) is 31.0 Å². The molecule has 0 saturated carbocycles. The van der Waals surface area contributed by atoms with E-state index >= 15 is 0 Å². The molecule has 2 heteroatoms. The number of hydrogen-bond donors (Lipinski definition) is 1. The SMILES string of the molecule is CCC(C)(CCOC)C1=CC=CC=CN1. The van der Waals surface area contributed by atoms with E-state index in [2.05, 4.69) is 31.3 Å². The zero-order chi connectivity index (χ0) is 11.1. The molecule has 1 heterocycles. The molecule has 1 aliphatic heterocycles. The average Bonchev–Trinajstić information content (AvgIpc) is 2.54. The van der Waals surface area contributed by atoms with Gasteiger partial charge in [0.25, 0.3) is 0 Å². The Hall–Kier alpha value is -1.02. The van der Waals surface area contributed by atoms with Gasteiger partial charge in [-0.1, -0.05) is 26.0 Å². The van der Waals surface area contributed by atoms with Crippen molar-refractivity contribution in [2.75, 3.05) is 13.7 Å². The lowest BCUT2D eigenvalue weighted by molar-refractivity contribution is 0.154. The Labute approximate surface area is 92.7 Å². The summed E-state index contributed by atoms with van der Waals surface area (Å²) in [7, 11) is 1.75. The van der Waals surface area contributed by atoms with Crippen LogP contribution in [0.1, 0.15) is 26.7 Å². The lowest BCUT2D eigenvalue weighted by Gasteiger charge is -2.31. The van der Waals surface area contributed by atoms with Gasteiger partial charge in [-0.3, -0.25) is 0 Å². The third-order valence-electron chi connectivity index (χ3n) is 3.11. The molecule has 0 aromatic rings. The second-order valence-corrected chi connectivity index (χ2v) is 4.13. The molecule has 0 bridgehead atoms. The van der Waals surface area contributed by atoms with Crippen molar-refractivity contribution in [3.05, 3.63) is 36.2 Å². The third-order valence-corrected chi connectivity index (χ3v) is 3.11. The van der Waals surface area contributed by atoms with Crippen LogP contribution in [0, 0.1) is 5.41 Å². The first-order valence-corrected chi connectivity index (χ1v) is 5.52. The summed E-state index contributed by atoms with van der Waals surface area (Å²) in [5.74, 6) is 0. The van der Waals surface area contributed by atoms with Gasteiger partial charge in [0.15, 0.2) is 0 Å². The van der Waals surface area contributed by atoms with Crippen molar-refractivity contribution in [2.45, 2.75) is 26.7 Å². The first kappa shape index (κ1) is 12.1. The van der Waals surface area contributed by atoms with Crippen LogP contribution in [-0.2, 0) is 4.74 Å². The van der Waals surface area contributed by atoms with Crippen molar-refractivity contribution < 1.29 is 4.74 Å². The van der Waals surface area contributed by atoms with E-state index in [0.29, 0.717) is 0 Å². The smallest absolute Gasteiger partial charge is 0.0471 e. The van der Waals surface area contributed by atoms with Crippen LogP contribution in [0.25, 0.3) is 0 Å². The Balaban J connectivity index is 2.75. The lowest BCUT2D eigenvalue weighted by atomic mass is 9.80. The van der Waals surface area contributed by atoms with Crippen molar-refractivity contribution in [1.82, 2.24) is 5.32 Å². The summed E-state index contributed by atoms with van der Waals surface area (Å²) in [6.07, 6.45) is 12.4. The van der Waals surface area contributed by atoms with E-state index < -0.39 is 0 Å².